The standard InChI is InChI=1S/C15H22N2O3S/c1-10(2)8-16-15(21)17-9-11-6-12(18-3)14(20-5)13(7-11)19-4/h6-7H,1,8-9H2,2-5H3,(H2,16,17,21). The first-order chi connectivity index (χ1) is 10.0. The van der Waals surface area contributed by atoms with Crippen molar-refractivity contribution in [3.63, 3.8) is 0 Å². The molecule has 116 valence electrons. The second-order valence-corrected chi connectivity index (χ2v) is 4.94. The molecule has 5 nitrogen and oxygen atoms in total. The lowest BCUT2D eigenvalue weighted by Crippen LogP contribution is -2.35. The quantitative estimate of drug-likeness (QED) is 0.595. The molecule has 21 heavy (non-hydrogen) atoms. The number of nitrogens with one attached hydrogen (secondary N) is 2. The molecule has 0 saturated heterocycles. The molecular formula is C15H22N2O3S. The van der Waals surface area contributed by atoms with E-state index in [4.69, 9.17) is 26.4 Å². The van der Waals surface area contributed by atoms with Gasteiger partial charge in [-0.15, -0.1) is 0 Å². The molecule has 2 N–H and O–H groups in total. The molecule has 0 amide bonds. The lowest BCUT2D eigenvalue weighted by molar-refractivity contribution is 0.323. The van der Waals surface area contributed by atoms with Crippen LogP contribution in [0.25, 0.3) is 0 Å². The highest BCUT2D eigenvalue weighted by molar-refractivity contribution is 7.80. The molecule has 0 heterocycles. The summed E-state index contributed by atoms with van der Waals surface area (Å²) in [5.74, 6) is 1.82. The third-order valence-electron chi connectivity index (χ3n) is 2.73. The molecule has 1 rings (SSSR count). The molecule has 0 radical (unpaired) electrons. The van der Waals surface area contributed by atoms with Crippen LogP contribution in [0.2, 0.25) is 0 Å². The minimum atomic E-state index is 0.554. The van der Waals surface area contributed by atoms with Crippen molar-refractivity contribution in [1.82, 2.24) is 10.6 Å². The molecule has 0 aliphatic heterocycles. The van der Waals surface area contributed by atoms with Gasteiger partial charge in [0.25, 0.3) is 0 Å². The monoisotopic (exact) mass is 310 g/mol. The summed E-state index contributed by atoms with van der Waals surface area (Å²) in [5, 5.41) is 6.76. The van der Waals surface area contributed by atoms with Crippen LogP contribution in [0.1, 0.15) is 12.5 Å². The molecule has 0 atom stereocenters. The first-order valence-corrected chi connectivity index (χ1v) is 6.87. The summed E-state index contributed by atoms with van der Waals surface area (Å²) >= 11 is 5.19. The Hall–Kier alpha value is -1.95. The number of rotatable bonds is 7. The van der Waals surface area contributed by atoms with Crippen molar-refractivity contribution < 1.29 is 14.2 Å². The largest absolute Gasteiger partial charge is 0.493 e. The van der Waals surface area contributed by atoms with Crippen molar-refractivity contribution >= 4 is 17.3 Å². The van der Waals surface area contributed by atoms with Gasteiger partial charge in [0.2, 0.25) is 5.75 Å². The summed E-state index contributed by atoms with van der Waals surface area (Å²) in [7, 11) is 4.76. The van der Waals surface area contributed by atoms with Crippen molar-refractivity contribution in [2.45, 2.75) is 13.5 Å². The van der Waals surface area contributed by atoms with Crippen LogP contribution >= 0.6 is 12.2 Å². The fourth-order valence-electron chi connectivity index (χ4n) is 1.71. The minimum absolute atomic E-state index is 0.554. The van der Waals surface area contributed by atoms with E-state index in [9.17, 15) is 0 Å². The number of thiocarbonyl (C=S) groups is 1. The molecule has 0 aliphatic rings. The second-order valence-electron chi connectivity index (χ2n) is 4.53. The fourth-order valence-corrected chi connectivity index (χ4v) is 1.86. The molecule has 0 fully saturated rings. The van der Waals surface area contributed by atoms with E-state index >= 15 is 0 Å². The zero-order chi connectivity index (χ0) is 15.8. The molecule has 0 unspecified atom stereocenters. The highest BCUT2D eigenvalue weighted by atomic mass is 32.1. The van der Waals surface area contributed by atoms with Crippen LogP contribution in [0, 0.1) is 0 Å². The topological polar surface area (TPSA) is 51.8 Å². The molecule has 0 saturated carbocycles. The van der Waals surface area contributed by atoms with Gasteiger partial charge in [0, 0.05) is 13.1 Å². The molecule has 1 aromatic rings. The number of methoxy groups -OCH3 is 3. The summed E-state index contributed by atoms with van der Waals surface area (Å²) in [6.45, 7) is 6.96. The Kier molecular flexibility index (Phi) is 6.81. The maximum atomic E-state index is 5.31. The van der Waals surface area contributed by atoms with Gasteiger partial charge in [-0.05, 0) is 36.8 Å². The molecular weight excluding hydrogens is 288 g/mol. The van der Waals surface area contributed by atoms with E-state index in [-0.39, 0.29) is 0 Å². The van der Waals surface area contributed by atoms with Gasteiger partial charge in [-0.25, -0.2) is 0 Å². The predicted octanol–water partition coefficient (Wildman–Crippen LogP) is 2.25. The summed E-state index contributed by atoms with van der Waals surface area (Å²) in [4.78, 5) is 0. The van der Waals surface area contributed by atoms with Gasteiger partial charge in [-0.1, -0.05) is 12.2 Å². The number of hydrogen-bond donors (Lipinski definition) is 2. The van der Waals surface area contributed by atoms with Crippen LogP contribution in [0.4, 0.5) is 0 Å². The average molecular weight is 310 g/mol. The van der Waals surface area contributed by atoms with Crippen LogP contribution < -0.4 is 24.8 Å². The third kappa shape index (κ3) is 5.15. The van der Waals surface area contributed by atoms with E-state index in [0.29, 0.717) is 35.5 Å². The number of benzene rings is 1. The van der Waals surface area contributed by atoms with Crippen molar-refractivity contribution in [2.75, 3.05) is 27.9 Å². The van der Waals surface area contributed by atoms with Crippen LogP contribution in [-0.2, 0) is 6.54 Å². The highest BCUT2D eigenvalue weighted by Gasteiger charge is 2.13. The van der Waals surface area contributed by atoms with E-state index in [1.807, 2.05) is 19.1 Å². The van der Waals surface area contributed by atoms with E-state index < -0.39 is 0 Å². The van der Waals surface area contributed by atoms with Gasteiger partial charge in [0.1, 0.15) is 0 Å². The van der Waals surface area contributed by atoms with Gasteiger partial charge < -0.3 is 24.8 Å². The maximum absolute atomic E-state index is 5.31. The number of ether oxygens (including phenoxy) is 3. The van der Waals surface area contributed by atoms with Gasteiger partial charge in [0.15, 0.2) is 16.6 Å². The summed E-state index contributed by atoms with van der Waals surface area (Å²) < 4.78 is 15.9. The smallest absolute Gasteiger partial charge is 0.203 e. The number of hydrogen-bond acceptors (Lipinski definition) is 4. The van der Waals surface area contributed by atoms with E-state index in [2.05, 4.69) is 17.2 Å². The van der Waals surface area contributed by atoms with Crippen molar-refractivity contribution in [3.05, 3.63) is 29.8 Å². The molecule has 6 heteroatoms. The van der Waals surface area contributed by atoms with Crippen LogP contribution in [0.3, 0.4) is 0 Å². The summed E-state index contributed by atoms with van der Waals surface area (Å²) in [5.41, 5.74) is 2.00. The Bertz CT molecular complexity index is 493. The molecule has 0 spiro atoms. The normalized spacial score (nSPS) is 9.71. The van der Waals surface area contributed by atoms with Crippen LogP contribution in [-0.4, -0.2) is 33.0 Å². The van der Waals surface area contributed by atoms with Crippen LogP contribution in [0.15, 0.2) is 24.3 Å². The van der Waals surface area contributed by atoms with Crippen molar-refractivity contribution in [2.24, 2.45) is 0 Å². The lowest BCUT2D eigenvalue weighted by atomic mass is 10.2. The second kappa shape index (κ2) is 8.36. The zero-order valence-electron chi connectivity index (χ0n) is 12.9. The highest BCUT2D eigenvalue weighted by Crippen LogP contribution is 2.38. The Labute approximate surface area is 131 Å². The van der Waals surface area contributed by atoms with Gasteiger partial charge in [-0.2, -0.15) is 0 Å². The molecule has 0 bridgehead atoms. The first kappa shape index (κ1) is 17.1. The zero-order valence-corrected chi connectivity index (χ0v) is 13.7. The van der Waals surface area contributed by atoms with E-state index in [1.165, 1.54) is 0 Å². The van der Waals surface area contributed by atoms with E-state index in [0.717, 1.165) is 11.1 Å². The average Bonchev–Trinajstić information content (AvgIpc) is 2.49. The van der Waals surface area contributed by atoms with Crippen molar-refractivity contribution in [3.8, 4) is 17.2 Å². The Balaban J connectivity index is 2.75. The van der Waals surface area contributed by atoms with E-state index in [1.54, 1.807) is 21.3 Å². The van der Waals surface area contributed by atoms with Gasteiger partial charge >= 0.3 is 0 Å². The Morgan fingerprint density at radius 3 is 2.10 bits per heavy atom. The third-order valence-corrected chi connectivity index (χ3v) is 3.02. The molecule has 0 aromatic heterocycles. The minimum Gasteiger partial charge on any atom is -0.493 e. The molecule has 0 aliphatic carbocycles. The lowest BCUT2D eigenvalue weighted by Gasteiger charge is -2.15. The van der Waals surface area contributed by atoms with Gasteiger partial charge in [-0.3, -0.25) is 0 Å². The summed E-state index contributed by atoms with van der Waals surface area (Å²) in [6, 6.07) is 3.77. The maximum Gasteiger partial charge on any atom is 0.203 e. The predicted molar refractivity (Wildman–Crippen MR) is 88.4 cm³/mol. The first-order valence-electron chi connectivity index (χ1n) is 6.46. The fraction of sp³-hybridized carbons (Fsp3) is 0.400. The summed E-state index contributed by atoms with van der Waals surface area (Å²) in [6.07, 6.45) is 0. The Morgan fingerprint density at radius 2 is 1.67 bits per heavy atom. The van der Waals surface area contributed by atoms with Crippen LogP contribution in [0.5, 0.6) is 17.2 Å². The Morgan fingerprint density at radius 1 is 1.10 bits per heavy atom. The SMILES string of the molecule is C=C(C)CNC(=S)NCc1cc(OC)c(OC)c(OC)c1. The van der Waals surface area contributed by atoms with Gasteiger partial charge in [0.05, 0.1) is 21.3 Å². The molecule has 1 aromatic carbocycles. The van der Waals surface area contributed by atoms with Crippen molar-refractivity contribution in [1.29, 1.82) is 0 Å².